The van der Waals surface area contributed by atoms with E-state index in [4.69, 9.17) is 12.0 Å². The molecule has 2 aromatic heterocycles. The highest BCUT2D eigenvalue weighted by Gasteiger charge is 2.41. The van der Waals surface area contributed by atoms with Crippen LogP contribution in [0.5, 0.6) is 5.75 Å². The number of thiol groups is 1. The van der Waals surface area contributed by atoms with Gasteiger partial charge in [0.2, 0.25) is 5.13 Å². The standard InChI is InChI=1S/C21H24BN5OS2/c1-26-11-15(10-23-26)13-5-6-16(18(9-13)28-29)20-24-25-21(30-20)27(2)17-8-12-3-4-14(7-12)19(17)22/h5-6,9-12,14,17,19,29H,3-4,7-8H2,1-2H3/t12-,14+,17+,19-/m1/s1. The number of hydrogen-bond acceptors (Lipinski definition) is 7. The van der Waals surface area contributed by atoms with Crippen molar-refractivity contribution in [3.05, 3.63) is 30.6 Å². The molecule has 2 fully saturated rings. The van der Waals surface area contributed by atoms with Crippen molar-refractivity contribution in [1.29, 1.82) is 0 Å². The first kappa shape index (κ1) is 19.9. The Balaban J connectivity index is 1.41. The molecular weight excluding hydrogens is 413 g/mol. The zero-order valence-electron chi connectivity index (χ0n) is 17.1. The highest BCUT2D eigenvalue weighted by Crippen LogP contribution is 2.49. The van der Waals surface area contributed by atoms with Crippen molar-refractivity contribution >= 4 is 37.2 Å². The van der Waals surface area contributed by atoms with Gasteiger partial charge in [0.05, 0.1) is 19.6 Å². The molecule has 0 amide bonds. The predicted molar refractivity (Wildman–Crippen MR) is 124 cm³/mol. The molecule has 2 radical (unpaired) electrons. The Bertz CT molecular complexity index is 1050. The Morgan fingerprint density at radius 1 is 1.23 bits per heavy atom. The van der Waals surface area contributed by atoms with E-state index in [1.165, 1.54) is 19.3 Å². The smallest absolute Gasteiger partial charge is 0.208 e. The normalized spacial score (nSPS) is 25.4. The molecule has 3 aromatic rings. The molecule has 2 bridgehead atoms. The summed E-state index contributed by atoms with van der Waals surface area (Å²) < 4.78 is 7.16. The van der Waals surface area contributed by atoms with E-state index in [1.807, 2.05) is 37.6 Å². The van der Waals surface area contributed by atoms with Crippen LogP contribution in [0.25, 0.3) is 21.7 Å². The largest absolute Gasteiger partial charge is 0.428 e. The first-order chi connectivity index (χ1) is 14.5. The minimum Gasteiger partial charge on any atom is -0.428 e. The quantitative estimate of drug-likeness (QED) is 0.364. The number of benzene rings is 1. The second-order valence-electron chi connectivity index (χ2n) is 8.53. The van der Waals surface area contributed by atoms with Crippen LogP contribution in [-0.4, -0.2) is 40.9 Å². The molecule has 4 atom stereocenters. The molecule has 5 rings (SSSR count). The highest BCUT2D eigenvalue weighted by molar-refractivity contribution is 7.75. The van der Waals surface area contributed by atoms with Crippen LogP contribution in [0.15, 0.2) is 30.6 Å². The molecule has 0 spiro atoms. The van der Waals surface area contributed by atoms with Gasteiger partial charge in [-0.25, -0.2) is 0 Å². The maximum atomic E-state index is 6.61. The van der Waals surface area contributed by atoms with Crippen molar-refractivity contribution in [2.45, 2.75) is 37.5 Å². The average Bonchev–Trinajstić information content (AvgIpc) is 3.50. The fourth-order valence-corrected chi connectivity index (χ4v) is 6.08. The van der Waals surface area contributed by atoms with Crippen LogP contribution >= 0.6 is 24.2 Å². The van der Waals surface area contributed by atoms with Crippen LogP contribution < -0.4 is 9.08 Å². The van der Waals surface area contributed by atoms with Crippen LogP contribution in [-0.2, 0) is 7.05 Å². The van der Waals surface area contributed by atoms with Gasteiger partial charge in [-0.2, -0.15) is 5.10 Å². The van der Waals surface area contributed by atoms with E-state index in [2.05, 4.69) is 40.2 Å². The second-order valence-corrected chi connectivity index (χ2v) is 9.66. The summed E-state index contributed by atoms with van der Waals surface area (Å²) in [5, 5.41) is 14.9. The predicted octanol–water partition coefficient (Wildman–Crippen LogP) is 4.41. The first-order valence-corrected chi connectivity index (χ1v) is 11.5. The number of hydrogen-bond donors (Lipinski definition) is 1. The number of anilines is 1. The maximum Gasteiger partial charge on any atom is 0.208 e. The average molecular weight is 437 g/mol. The zero-order chi connectivity index (χ0) is 20.8. The van der Waals surface area contributed by atoms with E-state index >= 15 is 0 Å². The van der Waals surface area contributed by atoms with E-state index < -0.39 is 0 Å². The summed E-state index contributed by atoms with van der Waals surface area (Å²) in [6, 6.07) is 6.33. The molecule has 30 heavy (non-hydrogen) atoms. The summed E-state index contributed by atoms with van der Waals surface area (Å²) in [5.41, 5.74) is 2.92. The fraction of sp³-hybridized carbons (Fsp3) is 0.476. The summed E-state index contributed by atoms with van der Waals surface area (Å²) in [4.78, 5) is 2.24. The third kappa shape index (κ3) is 3.52. The summed E-state index contributed by atoms with van der Waals surface area (Å²) >= 11 is 5.64. The Labute approximate surface area is 187 Å². The molecule has 0 unspecified atom stereocenters. The van der Waals surface area contributed by atoms with Gasteiger partial charge in [0.25, 0.3) is 0 Å². The monoisotopic (exact) mass is 437 g/mol. The van der Waals surface area contributed by atoms with Crippen LogP contribution in [0, 0.1) is 11.8 Å². The number of rotatable bonds is 5. The van der Waals surface area contributed by atoms with E-state index in [1.54, 1.807) is 16.0 Å². The molecule has 2 saturated carbocycles. The Hall–Kier alpha value is -2.00. The lowest BCUT2D eigenvalue weighted by molar-refractivity contribution is 0.314. The first-order valence-electron chi connectivity index (χ1n) is 10.3. The molecule has 1 aromatic carbocycles. The van der Waals surface area contributed by atoms with Crippen molar-refractivity contribution in [1.82, 2.24) is 20.0 Å². The van der Waals surface area contributed by atoms with E-state index in [0.29, 0.717) is 17.7 Å². The van der Waals surface area contributed by atoms with Crippen LogP contribution in [0.1, 0.15) is 25.7 Å². The minimum absolute atomic E-state index is 0.205. The number of nitrogens with zero attached hydrogens (tertiary/aromatic N) is 5. The molecule has 0 N–H and O–H groups in total. The molecule has 0 saturated heterocycles. The molecule has 2 heterocycles. The minimum atomic E-state index is 0.205. The zero-order valence-corrected chi connectivity index (χ0v) is 18.8. The molecule has 2 aliphatic carbocycles. The fourth-order valence-electron chi connectivity index (χ4n) is 5.04. The third-order valence-electron chi connectivity index (χ3n) is 6.71. The van der Waals surface area contributed by atoms with Gasteiger partial charge in [-0.1, -0.05) is 36.1 Å². The Morgan fingerprint density at radius 2 is 2.10 bits per heavy atom. The SMILES string of the molecule is [B][C@@H]1[C@H]2CC[C@H](C2)C[C@@H]1N(C)c1nnc(-c2ccc(-c3cnn(C)c3)cc2OS)s1. The van der Waals surface area contributed by atoms with Crippen molar-refractivity contribution in [2.75, 3.05) is 11.9 Å². The van der Waals surface area contributed by atoms with E-state index in [-0.39, 0.29) is 5.82 Å². The van der Waals surface area contributed by atoms with E-state index in [9.17, 15) is 0 Å². The Morgan fingerprint density at radius 3 is 2.87 bits per heavy atom. The topological polar surface area (TPSA) is 56.1 Å². The van der Waals surface area contributed by atoms with Gasteiger partial charge < -0.3 is 9.08 Å². The van der Waals surface area contributed by atoms with Crippen LogP contribution in [0.4, 0.5) is 5.13 Å². The summed E-state index contributed by atoms with van der Waals surface area (Å²) in [6.07, 6.45) is 8.82. The van der Waals surface area contributed by atoms with Gasteiger partial charge in [0, 0.05) is 44.8 Å². The lowest BCUT2D eigenvalue weighted by Crippen LogP contribution is -2.41. The summed E-state index contributed by atoms with van der Waals surface area (Å²) in [7, 11) is 10.6. The van der Waals surface area contributed by atoms with Gasteiger partial charge in [0.1, 0.15) is 5.75 Å². The highest BCUT2D eigenvalue weighted by atomic mass is 32.1. The van der Waals surface area contributed by atoms with Crippen LogP contribution in [0.2, 0.25) is 5.82 Å². The molecule has 6 nitrogen and oxygen atoms in total. The lowest BCUT2D eigenvalue weighted by atomic mass is 9.65. The van der Waals surface area contributed by atoms with Gasteiger partial charge in [-0.15, -0.1) is 10.2 Å². The molecular formula is C21H24BN5OS2. The summed E-state index contributed by atoms with van der Waals surface area (Å²) in [6.45, 7) is 0. The number of aryl methyl sites for hydroxylation is 1. The van der Waals surface area contributed by atoms with Gasteiger partial charge in [-0.3, -0.25) is 4.68 Å². The van der Waals surface area contributed by atoms with Crippen molar-refractivity contribution in [3.63, 3.8) is 0 Å². The van der Waals surface area contributed by atoms with Crippen molar-refractivity contribution in [2.24, 2.45) is 18.9 Å². The van der Waals surface area contributed by atoms with Gasteiger partial charge >= 0.3 is 0 Å². The number of aromatic nitrogens is 4. The Kier molecular flexibility index (Phi) is 5.27. The lowest BCUT2D eigenvalue weighted by Gasteiger charge is -2.40. The second kappa shape index (κ2) is 7.92. The molecule has 9 heteroatoms. The molecule has 2 aliphatic rings. The van der Waals surface area contributed by atoms with Crippen LogP contribution in [0.3, 0.4) is 0 Å². The number of fused-ring (bicyclic) bond motifs is 2. The van der Waals surface area contributed by atoms with Gasteiger partial charge in [-0.05, 0) is 42.4 Å². The molecule has 154 valence electrons. The summed E-state index contributed by atoms with van der Waals surface area (Å²) in [5.74, 6) is 2.31. The van der Waals surface area contributed by atoms with Crippen molar-refractivity contribution in [3.8, 4) is 27.4 Å². The van der Waals surface area contributed by atoms with Gasteiger partial charge in [0.15, 0.2) is 5.01 Å². The van der Waals surface area contributed by atoms with E-state index in [0.717, 1.165) is 39.2 Å². The van der Waals surface area contributed by atoms with Crippen molar-refractivity contribution < 1.29 is 4.18 Å². The maximum absolute atomic E-state index is 6.61. The third-order valence-corrected chi connectivity index (χ3v) is 7.95. The molecule has 0 aliphatic heterocycles.